The first kappa shape index (κ1) is 19.0. The van der Waals surface area contributed by atoms with Crippen molar-refractivity contribution in [2.45, 2.75) is 60.2 Å². The van der Waals surface area contributed by atoms with E-state index >= 15 is 0 Å². The average Bonchev–Trinajstić information content (AvgIpc) is 2.87. The van der Waals surface area contributed by atoms with Crippen LogP contribution in [0.1, 0.15) is 49.7 Å². The smallest absolute Gasteiger partial charge is 0.191 e. The predicted octanol–water partition coefficient (Wildman–Crippen LogP) is 3.40. The number of rotatable bonds is 7. The molecule has 5 nitrogen and oxygen atoms in total. The Balaban J connectivity index is 2.14. The van der Waals surface area contributed by atoms with Gasteiger partial charge in [0.1, 0.15) is 0 Å². The molecule has 1 atom stereocenters. The van der Waals surface area contributed by atoms with Crippen LogP contribution in [0.5, 0.6) is 0 Å². The van der Waals surface area contributed by atoms with Gasteiger partial charge in [0.2, 0.25) is 0 Å². The second-order valence-electron chi connectivity index (χ2n) is 6.44. The Kier molecular flexibility index (Phi) is 7.04. The number of aliphatic imine (C=N–C) groups is 1. The van der Waals surface area contributed by atoms with Gasteiger partial charge in [-0.05, 0) is 39.7 Å². The molecular formula is C20H31N5. The van der Waals surface area contributed by atoms with Gasteiger partial charge in [-0.1, -0.05) is 37.3 Å². The van der Waals surface area contributed by atoms with Crippen molar-refractivity contribution in [3.63, 3.8) is 0 Å². The molecule has 1 heterocycles. The van der Waals surface area contributed by atoms with Crippen LogP contribution in [0, 0.1) is 13.8 Å². The maximum Gasteiger partial charge on any atom is 0.191 e. The summed E-state index contributed by atoms with van der Waals surface area (Å²) in [6, 6.07) is 10.8. The molecule has 1 aromatic carbocycles. The molecule has 0 radical (unpaired) electrons. The van der Waals surface area contributed by atoms with Gasteiger partial charge in [-0.15, -0.1) is 0 Å². The van der Waals surface area contributed by atoms with Crippen LogP contribution < -0.4 is 10.6 Å². The molecule has 0 aliphatic heterocycles. The Labute approximate surface area is 151 Å². The number of hydrogen-bond donors (Lipinski definition) is 2. The second kappa shape index (κ2) is 9.25. The van der Waals surface area contributed by atoms with Gasteiger partial charge in [0.05, 0.1) is 18.8 Å². The molecular weight excluding hydrogens is 310 g/mol. The minimum atomic E-state index is 0.404. The number of aryl methyl sites for hydroxylation is 1. The molecule has 0 amide bonds. The Hall–Kier alpha value is -2.30. The second-order valence-corrected chi connectivity index (χ2v) is 6.44. The molecule has 1 unspecified atom stereocenters. The molecule has 0 saturated carbocycles. The molecule has 2 N–H and O–H groups in total. The number of benzene rings is 1. The number of nitrogens with zero attached hydrogens (tertiary/aromatic N) is 3. The lowest BCUT2D eigenvalue weighted by atomic mass is 10.2. The van der Waals surface area contributed by atoms with Crippen molar-refractivity contribution in [3.05, 3.63) is 52.8 Å². The normalized spacial score (nSPS) is 12.9. The highest BCUT2D eigenvalue weighted by Crippen LogP contribution is 2.16. The summed E-state index contributed by atoms with van der Waals surface area (Å²) < 4.78 is 2.07. The third kappa shape index (κ3) is 5.34. The van der Waals surface area contributed by atoms with E-state index < -0.39 is 0 Å². The lowest BCUT2D eigenvalue weighted by Gasteiger charge is -2.16. The highest BCUT2D eigenvalue weighted by molar-refractivity contribution is 5.80. The quantitative estimate of drug-likeness (QED) is 0.599. The predicted molar refractivity (Wildman–Crippen MR) is 105 cm³/mol. The van der Waals surface area contributed by atoms with Crippen molar-refractivity contribution in [1.29, 1.82) is 0 Å². The van der Waals surface area contributed by atoms with Gasteiger partial charge in [0, 0.05) is 23.8 Å². The van der Waals surface area contributed by atoms with E-state index in [0.717, 1.165) is 31.2 Å². The SMILES string of the molecule is CCNC(=NCc1c(C)nn(Cc2ccccc2)c1C)NC(C)CC. The fourth-order valence-electron chi connectivity index (χ4n) is 2.69. The van der Waals surface area contributed by atoms with Crippen LogP contribution >= 0.6 is 0 Å². The van der Waals surface area contributed by atoms with Gasteiger partial charge in [0.25, 0.3) is 0 Å². The van der Waals surface area contributed by atoms with Crippen LogP contribution in [0.15, 0.2) is 35.3 Å². The third-order valence-electron chi connectivity index (χ3n) is 4.44. The molecule has 0 bridgehead atoms. The zero-order valence-electron chi connectivity index (χ0n) is 16.1. The van der Waals surface area contributed by atoms with Crippen LogP contribution in [0.4, 0.5) is 0 Å². The Morgan fingerprint density at radius 2 is 1.92 bits per heavy atom. The maximum absolute atomic E-state index is 4.75. The summed E-state index contributed by atoms with van der Waals surface area (Å²) in [4.78, 5) is 4.75. The fourth-order valence-corrected chi connectivity index (χ4v) is 2.69. The van der Waals surface area contributed by atoms with Crippen LogP contribution in [0.2, 0.25) is 0 Å². The van der Waals surface area contributed by atoms with Crippen LogP contribution in [-0.2, 0) is 13.1 Å². The summed E-state index contributed by atoms with van der Waals surface area (Å²) in [6.07, 6.45) is 1.07. The number of hydrogen-bond acceptors (Lipinski definition) is 2. The highest BCUT2D eigenvalue weighted by atomic mass is 15.3. The Morgan fingerprint density at radius 3 is 2.56 bits per heavy atom. The molecule has 0 spiro atoms. The monoisotopic (exact) mass is 341 g/mol. The van der Waals surface area contributed by atoms with Gasteiger partial charge < -0.3 is 10.6 Å². The van der Waals surface area contributed by atoms with Crippen molar-refractivity contribution >= 4 is 5.96 Å². The van der Waals surface area contributed by atoms with Crippen molar-refractivity contribution in [2.75, 3.05) is 6.54 Å². The topological polar surface area (TPSA) is 54.2 Å². The Bertz CT molecular complexity index is 688. The first-order chi connectivity index (χ1) is 12.0. The number of aromatic nitrogens is 2. The highest BCUT2D eigenvalue weighted by Gasteiger charge is 2.12. The van der Waals surface area contributed by atoms with Crippen LogP contribution in [0.3, 0.4) is 0 Å². The minimum absolute atomic E-state index is 0.404. The fraction of sp³-hybridized carbons (Fsp3) is 0.500. The first-order valence-corrected chi connectivity index (χ1v) is 9.16. The molecule has 2 aromatic rings. The summed E-state index contributed by atoms with van der Waals surface area (Å²) in [6.45, 7) is 12.9. The van der Waals surface area contributed by atoms with E-state index in [1.165, 1.54) is 16.8 Å². The molecule has 136 valence electrons. The van der Waals surface area contributed by atoms with Crippen molar-refractivity contribution in [1.82, 2.24) is 20.4 Å². The van der Waals surface area contributed by atoms with Gasteiger partial charge in [0.15, 0.2) is 5.96 Å². The van der Waals surface area contributed by atoms with E-state index in [2.05, 4.69) is 74.2 Å². The van der Waals surface area contributed by atoms with Crippen molar-refractivity contribution in [2.24, 2.45) is 4.99 Å². The summed E-state index contributed by atoms with van der Waals surface area (Å²) >= 11 is 0. The van der Waals surface area contributed by atoms with E-state index in [1.807, 2.05) is 6.07 Å². The molecule has 0 fully saturated rings. The summed E-state index contributed by atoms with van der Waals surface area (Å²) in [5, 5.41) is 11.5. The molecule has 0 aliphatic rings. The molecule has 0 aliphatic carbocycles. The van der Waals surface area contributed by atoms with Gasteiger partial charge in [-0.25, -0.2) is 4.99 Å². The van der Waals surface area contributed by atoms with E-state index in [0.29, 0.717) is 12.6 Å². The maximum atomic E-state index is 4.75. The lowest BCUT2D eigenvalue weighted by Crippen LogP contribution is -2.41. The summed E-state index contributed by atoms with van der Waals surface area (Å²) in [5.41, 5.74) is 4.70. The standard InChI is InChI=1S/C20H31N5/c1-6-15(3)23-20(21-7-2)22-13-19-16(4)24-25(17(19)5)14-18-11-9-8-10-12-18/h8-12,15H,6-7,13-14H2,1-5H3,(H2,21,22,23). The van der Waals surface area contributed by atoms with Gasteiger partial charge >= 0.3 is 0 Å². The average molecular weight is 342 g/mol. The summed E-state index contributed by atoms with van der Waals surface area (Å²) in [5.74, 6) is 0.867. The van der Waals surface area contributed by atoms with E-state index in [1.54, 1.807) is 0 Å². The molecule has 1 aromatic heterocycles. The van der Waals surface area contributed by atoms with E-state index in [-0.39, 0.29) is 0 Å². The number of nitrogens with one attached hydrogen (secondary N) is 2. The largest absolute Gasteiger partial charge is 0.357 e. The Morgan fingerprint density at radius 1 is 1.20 bits per heavy atom. The van der Waals surface area contributed by atoms with Crippen molar-refractivity contribution in [3.8, 4) is 0 Å². The zero-order valence-corrected chi connectivity index (χ0v) is 16.1. The van der Waals surface area contributed by atoms with Gasteiger partial charge in [-0.3, -0.25) is 4.68 Å². The molecule has 0 saturated heterocycles. The molecule has 25 heavy (non-hydrogen) atoms. The molecule has 5 heteroatoms. The van der Waals surface area contributed by atoms with Gasteiger partial charge in [-0.2, -0.15) is 5.10 Å². The van der Waals surface area contributed by atoms with Crippen LogP contribution in [-0.4, -0.2) is 28.3 Å². The number of guanidine groups is 1. The van der Waals surface area contributed by atoms with Crippen molar-refractivity contribution < 1.29 is 0 Å². The lowest BCUT2D eigenvalue weighted by molar-refractivity contribution is 0.624. The van der Waals surface area contributed by atoms with Crippen LogP contribution in [0.25, 0.3) is 0 Å². The summed E-state index contributed by atoms with van der Waals surface area (Å²) in [7, 11) is 0. The zero-order chi connectivity index (χ0) is 18.2. The van der Waals surface area contributed by atoms with E-state index in [4.69, 9.17) is 10.1 Å². The minimum Gasteiger partial charge on any atom is -0.357 e. The third-order valence-corrected chi connectivity index (χ3v) is 4.44. The van der Waals surface area contributed by atoms with E-state index in [9.17, 15) is 0 Å². The first-order valence-electron chi connectivity index (χ1n) is 9.16. The molecule has 2 rings (SSSR count).